The molecule has 0 radical (unpaired) electrons. The first-order valence-corrected chi connectivity index (χ1v) is 7.15. The lowest BCUT2D eigenvalue weighted by molar-refractivity contribution is 0.139. The van der Waals surface area contributed by atoms with Gasteiger partial charge in [-0.25, -0.2) is 0 Å². The lowest BCUT2D eigenvalue weighted by Crippen LogP contribution is -2.19. The summed E-state index contributed by atoms with van der Waals surface area (Å²) in [6.45, 7) is 5.51. The maximum Gasteiger partial charge on any atom is 0.0591 e. The first kappa shape index (κ1) is 14.3. The summed E-state index contributed by atoms with van der Waals surface area (Å²) < 4.78 is 5.62. The van der Waals surface area contributed by atoms with Crippen molar-refractivity contribution < 1.29 is 4.74 Å². The Kier molecular flexibility index (Phi) is 5.64. The Labute approximate surface area is 119 Å². The summed E-state index contributed by atoms with van der Waals surface area (Å²) in [6.07, 6.45) is 0.920. The van der Waals surface area contributed by atoms with E-state index in [2.05, 4.69) is 30.4 Å². The average molecular weight is 278 g/mol. The zero-order valence-corrected chi connectivity index (χ0v) is 12.0. The molecule has 0 saturated heterocycles. The van der Waals surface area contributed by atoms with Gasteiger partial charge in [-0.3, -0.25) is 0 Å². The van der Waals surface area contributed by atoms with Crippen molar-refractivity contribution in [1.29, 1.82) is 0 Å². The van der Waals surface area contributed by atoms with Gasteiger partial charge in [0.05, 0.1) is 13.2 Å². The molecule has 102 valence electrons. The number of likely N-dealkylation sites (N-methyl/N-ethyl adjacent to an activating group) is 1. The molecule has 2 aromatic carbocycles. The summed E-state index contributed by atoms with van der Waals surface area (Å²) in [5.74, 6) is 0. The van der Waals surface area contributed by atoms with Crippen LogP contribution in [0.4, 0.5) is 0 Å². The monoisotopic (exact) mass is 277 g/mol. The molecule has 2 nitrogen and oxygen atoms in total. The zero-order chi connectivity index (χ0) is 13.5. The third-order valence-corrected chi connectivity index (χ3v) is 3.48. The van der Waals surface area contributed by atoms with Gasteiger partial charge in [-0.05, 0) is 30.0 Å². The molecule has 1 N–H and O–H groups in total. The molecule has 0 spiro atoms. The third-order valence-electron chi connectivity index (χ3n) is 3.15. The molecule has 0 aromatic heterocycles. The van der Waals surface area contributed by atoms with Crippen molar-refractivity contribution in [3.05, 3.63) is 47.0 Å². The summed E-state index contributed by atoms with van der Waals surface area (Å²) in [6, 6.07) is 12.3. The van der Waals surface area contributed by atoms with Crippen LogP contribution in [0.25, 0.3) is 10.8 Å². The molecule has 2 aromatic rings. The van der Waals surface area contributed by atoms with Crippen molar-refractivity contribution in [2.75, 3.05) is 26.3 Å². The van der Waals surface area contributed by atoms with Gasteiger partial charge < -0.3 is 10.1 Å². The standard InChI is InChI=1S/C16H20ClNO/c1-2-18-10-12-19-11-9-13-7-8-16(17)15-6-4-3-5-14(13)15/h3-8,18H,2,9-12H2,1H3. The average Bonchev–Trinajstić information content (AvgIpc) is 2.45. The smallest absolute Gasteiger partial charge is 0.0591 e. The number of fused-ring (bicyclic) bond motifs is 1. The summed E-state index contributed by atoms with van der Waals surface area (Å²) in [4.78, 5) is 0. The van der Waals surface area contributed by atoms with Crippen LogP contribution in [0.15, 0.2) is 36.4 Å². The molecule has 3 heteroatoms. The Morgan fingerprint density at radius 2 is 1.84 bits per heavy atom. The SMILES string of the molecule is CCNCCOCCc1ccc(Cl)c2ccccc12. The number of ether oxygens (including phenoxy) is 1. The van der Waals surface area contributed by atoms with E-state index in [-0.39, 0.29) is 0 Å². The Balaban J connectivity index is 1.96. The van der Waals surface area contributed by atoms with E-state index in [0.717, 1.165) is 43.1 Å². The molecule has 2 rings (SSSR count). The molecular formula is C16H20ClNO. The predicted octanol–water partition coefficient (Wildman–Crippen LogP) is 3.66. The van der Waals surface area contributed by atoms with Crippen molar-refractivity contribution in [2.24, 2.45) is 0 Å². The maximum absolute atomic E-state index is 6.21. The topological polar surface area (TPSA) is 21.3 Å². The van der Waals surface area contributed by atoms with Crippen molar-refractivity contribution in [1.82, 2.24) is 5.32 Å². The van der Waals surface area contributed by atoms with Gasteiger partial charge >= 0.3 is 0 Å². The van der Waals surface area contributed by atoms with Crippen LogP contribution in [-0.2, 0) is 11.2 Å². The van der Waals surface area contributed by atoms with Gasteiger partial charge in [0.2, 0.25) is 0 Å². The number of halogens is 1. The minimum atomic E-state index is 0.747. The predicted molar refractivity (Wildman–Crippen MR) is 82.0 cm³/mol. The maximum atomic E-state index is 6.21. The van der Waals surface area contributed by atoms with E-state index in [9.17, 15) is 0 Å². The summed E-state index contributed by atoms with van der Waals surface area (Å²) in [7, 11) is 0. The highest BCUT2D eigenvalue weighted by Crippen LogP contribution is 2.26. The molecule has 0 amide bonds. The third kappa shape index (κ3) is 3.93. The van der Waals surface area contributed by atoms with Crippen LogP contribution in [0, 0.1) is 0 Å². The molecule has 19 heavy (non-hydrogen) atoms. The van der Waals surface area contributed by atoms with Gasteiger partial charge in [0, 0.05) is 17.0 Å². The van der Waals surface area contributed by atoms with E-state index in [1.165, 1.54) is 10.9 Å². The molecule has 0 aliphatic carbocycles. The van der Waals surface area contributed by atoms with Crippen LogP contribution in [0.2, 0.25) is 5.02 Å². The fourth-order valence-corrected chi connectivity index (χ4v) is 2.38. The zero-order valence-electron chi connectivity index (χ0n) is 11.3. The van der Waals surface area contributed by atoms with E-state index in [4.69, 9.17) is 16.3 Å². The lowest BCUT2D eigenvalue weighted by atomic mass is 10.0. The fourth-order valence-electron chi connectivity index (χ4n) is 2.15. The Hall–Kier alpha value is -1.09. The summed E-state index contributed by atoms with van der Waals surface area (Å²) in [5, 5.41) is 6.40. The number of hydrogen-bond donors (Lipinski definition) is 1. The highest BCUT2D eigenvalue weighted by molar-refractivity contribution is 6.35. The van der Waals surface area contributed by atoms with Gasteiger partial charge in [-0.2, -0.15) is 0 Å². The molecule has 0 saturated carbocycles. The van der Waals surface area contributed by atoms with Crippen LogP contribution in [0.3, 0.4) is 0 Å². The molecule has 0 aliphatic heterocycles. The van der Waals surface area contributed by atoms with Crippen molar-refractivity contribution in [3.8, 4) is 0 Å². The summed E-state index contributed by atoms with van der Waals surface area (Å²) in [5.41, 5.74) is 1.29. The highest BCUT2D eigenvalue weighted by Gasteiger charge is 2.03. The quantitative estimate of drug-likeness (QED) is 0.780. The van der Waals surface area contributed by atoms with Gasteiger partial charge in [0.15, 0.2) is 0 Å². The van der Waals surface area contributed by atoms with E-state index in [0.29, 0.717) is 0 Å². The molecule has 0 atom stereocenters. The second kappa shape index (κ2) is 7.49. The van der Waals surface area contributed by atoms with E-state index in [1.54, 1.807) is 0 Å². The van der Waals surface area contributed by atoms with Gasteiger partial charge in [0.1, 0.15) is 0 Å². The van der Waals surface area contributed by atoms with Gasteiger partial charge in [0.25, 0.3) is 0 Å². The second-order valence-electron chi connectivity index (χ2n) is 4.47. The largest absolute Gasteiger partial charge is 0.380 e. The molecule has 0 unspecified atom stereocenters. The molecule has 0 fully saturated rings. The first-order valence-electron chi connectivity index (χ1n) is 6.77. The number of benzene rings is 2. The van der Waals surface area contributed by atoms with E-state index in [1.807, 2.05) is 18.2 Å². The van der Waals surface area contributed by atoms with Crippen molar-refractivity contribution in [2.45, 2.75) is 13.3 Å². The highest BCUT2D eigenvalue weighted by atomic mass is 35.5. The normalized spacial score (nSPS) is 11.1. The molecule has 0 bridgehead atoms. The Morgan fingerprint density at radius 3 is 2.63 bits per heavy atom. The second-order valence-corrected chi connectivity index (χ2v) is 4.88. The number of nitrogens with one attached hydrogen (secondary N) is 1. The molecule has 0 heterocycles. The summed E-state index contributed by atoms with van der Waals surface area (Å²) >= 11 is 6.21. The van der Waals surface area contributed by atoms with E-state index < -0.39 is 0 Å². The molecular weight excluding hydrogens is 258 g/mol. The van der Waals surface area contributed by atoms with Crippen molar-refractivity contribution >= 4 is 22.4 Å². The van der Waals surface area contributed by atoms with Crippen LogP contribution in [0.1, 0.15) is 12.5 Å². The van der Waals surface area contributed by atoms with Crippen LogP contribution in [0.5, 0.6) is 0 Å². The van der Waals surface area contributed by atoms with Gasteiger partial charge in [-0.15, -0.1) is 0 Å². The van der Waals surface area contributed by atoms with Crippen LogP contribution >= 0.6 is 11.6 Å². The fraction of sp³-hybridized carbons (Fsp3) is 0.375. The van der Waals surface area contributed by atoms with Gasteiger partial charge in [-0.1, -0.05) is 48.9 Å². The molecule has 0 aliphatic rings. The number of hydrogen-bond acceptors (Lipinski definition) is 2. The number of rotatable bonds is 7. The van der Waals surface area contributed by atoms with Crippen molar-refractivity contribution in [3.63, 3.8) is 0 Å². The Morgan fingerprint density at radius 1 is 1.05 bits per heavy atom. The minimum Gasteiger partial charge on any atom is -0.380 e. The first-order chi connectivity index (χ1) is 9.33. The minimum absolute atomic E-state index is 0.747. The van der Waals surface area contributed by atoms with Crippen LogP contribution < -0.4 is 5.32 Å². The van der Waals surface area contributed by atoms with Crippen LogP contribution in [-0.4, -0.2) is 26.3 Å². The Bertz CT molecular complexity index is 527. The van der Waals surface area contributed by atoms with E-state index >= 15 is 0 Å². The lowest BCUT2D eigenvalue weighted by Gasteiger charge is -2.09.